The van der Waals surface area contributed by atoms with Crippen molar-refractivity contribution in [2.24, 2.45) is 0 Å². The molecule has 0 radical (unpaired) electrons. The number of rotatable bonds is 2. The third kappa shape index (κ3) is 2.09. The lowest BCUT2D eigenvalue weighted by molar-refractivity contribution is 0.214. The van der Waals surface area contributed by atoms with Crippen LogP contribution in [0.1, 0.15) is 22.9 Å². The van der Waals surface area contributed by atoms with E-state index in [9.17, 15) is 9.50 Å². The Kier molecular flexibility index (Phi) is 2.97. The molecule has 2 rings (SSSR count). The van der Waals surface area contributed by atoms with Crippen molar-refractivity contribution in [2.45, 2.75) is 13.0 Å². The van der Waals surface area contributed by atoms with Gasteiger partial charge in [0.05, 0.1) is 5.69 Å². The first-order valence-corrected chi connectivity index (χ1v) is 5.03. The van der Waals surface area contributed by atoms with E-state index in [-0.39, 0.29) is 5.82 Å². The van der Waals surface area contributed by atoms with Gasteiger partial charge in [-0.25, -0.2) is 4.39 Å². The van der Waals surface area contributed by atoms with E-state index in [0.29, 0.717) is 11.3 Å². The van der Waals surface area contributed by atoms with Crippen LogP contribution in [-0.2, 0) is 0 Å². The molecule has 0 aliphatic carbocycles. The summed E-state index contributed by atoms with van der Waals surface area (Å²) in [6.45, 7) is 1.77. The largest absolute Gasteiger partial charge is 0.382 e. The monoisotopic (exact) mass is 217 g/mol. The van der Waals surface area contributed by atoms with Crippen LogP contribution < -0.4 is 0 Å². The second-order valence-corrected chi connectivity index (χ2v) is 3.66. The van der Waals surface area contributed by atoms with Crippen LogP contribution in [0.4, 0.5) is 4.39 Å². The normalized spacial score (nSPS) is 12.4. The van der Waals surface area contributed by atoms with Crippen LogP contribution in [0, 0.1) is 12.7 Å². The molecule has 0 spiro atoms. The second-order valence-electron chi connectivity index (χ2n) is 3.66. The Bertz CT molecular complexity index is 485. The van der Waals surface area contributed by atoms with Gasteiger partial charge < -0.3 is 5.11 Å². The van der Waals surface area contributed by atoms with E-state index in [1.165, 1.54) is 12.1 Å². The number of nitrogens with zero attached hydrogens (tertiary/aromatic N) is 1. The maximum Gasteiger partial charge on any atom is 0.123 e. The molecule has 0 saturated heterocycles. The van der Waals surface area contributed by atoms with E-state index in [4.69, 9.17) is 0 Å². The Morgan fingerprint density at radius 3 is 2.69 bits per heavy atom. The van der Waals surface area contributed by atoms with Gasteiger partial charge in [-0.1, -0.05) is 12.1 Å². The zero-order valence-electron chi connectivity index (χ0n) is 8.89. The summed E-state index contributed by atoms with van der Waals surface area (Å²) in [6, 6.07) is 9.67. The fourth-order valence-electron chi connectivity index (χ4n) is 1.64. The van der Waals surface area contributed by atoms with Gasteiger partial charge in [0.1, 0.15) is 11.9 Å². The van der Waals surface area contributed by atoms with Crippen LogP contribution in [0.5, 0.6) is 0 Å². The van der Waals surface area contributed by atoms with E-state index in [0.717, 1.165) is 5.56 Å². The molecule has 0 aliphatic rings. The van der Waals surface area contributed by atoms with Gasteiger partial charge in [0, 0.05) is 6.20 Å². The van der Waals surface area contributed by atoms with Gasteiger partial charge in [0.25, 0.3) is 0 Å². The number of aliphatic hydroxyl groups excluding tert-OH is 1. The SMILES string of the molecule is Cc1cc(F)ccc1[C@H](O)c1ccccn1. The van der Waals surface area contributed by atoms with Gasteiger partial charge in [0.2, 0.25) is 0 Å². The molecule has 2 nitrogen and oxygen atoms in total. The van der Waals surface area contributed by atoms with Crippen molar-refractivity contribution < 1.29 is 9.50 Å². The zero-order valence-corrected chi connectivity index (χ0v) is 8.89. The number of halogens is 1. The smallest absolute Gasteiger partial charge is 0.123 e. The summed E-state index contributed by atoms with van der Waals surface area (Å²) in [5, 5.41) is 10.1. The highest BCUT2D eigenvalue weighted by Crippen LogP contribution is 2.23. The molecule has 0 bridgehead atoms. The number of hydrogen-bond acceptors (Lipinski definition) is 2. The molecule has 1 aromatic carbocycles. The molecule has 0 unspecified atom stereocenters. The Balaban J connectivity index is 2.38. The zero-order chi connectivity index (χ0) is 11.5. The summed E-state index contributed by atoms with van der Waals surface area (Å²) < 4.78 is 12.9. The third-order valence-corrected chi connectivity index (χ3v) is 2.49. The number of aliphatic hydroxyl groups is 1. The lowest BCUT2D eigenvalue weighted by atomic mass is 10.0. The Morgan fingerprint density at radius 2 is 2.06 bits per heavy atom. The first kappa shape index (κ1) is 10.8. The first-order valence-electron chi connectivity index (χ1n) is 5.03. The van der Waals surface area contributed by atoms with E-state index >= 15 is 0 Å². The molecule has 1 heterocycles. The first-order chi connectivity index (χ1) is 7.68. The summed E-state index contributed by atoms with van der Waals surface area (Å²) in [6.07, 6.45) is 0.819. The van der Waals surface area contributed by atoms with Gasteiger partial charge in [-0.2, -0.15) is 0 Å². The highest BCUT2D eigenvalue weighted by molar-refractivity contribution is 5.33. The number of benzene rings is 1. The summed E-state index contributed by atoms with van der Waals surface area (Å²) in [5.74, 6) is -0.297. The predicted molar refractivity (Wildman–Crippen MR) is 59.4 cm³/mol. The molecule has 0 fully saturated rings. The number of pyridine rings is 1. The fraction of sp³-hybridized carbons (Fsp3) is 0.154. The van der Waals surface area contributed by atoms with Crippen LogP contribution in [-0.4, -0.2) is 10.1 Å². The fourth-order valence-corrected chi connectivity index (χ4v) is 1.64. The average molecular weight is 217 g/mol. The third-order valence-electron chi connectivity index (χ3n) is 2.49. The van der Waals surface area contributed by atoms with Crippen LogP contribution in [0.25, 0.3) is 0 Å². The van der Waals surface area contributed by atoms with E-state index < -0.39 is 6.10 Å². The second kappa shape index (κ2) is 4.41. The van der Waals surface area contributed by atoms with E-state index in [1.807, 2.05) is 6.07 Å². The number of aromatic nitrogens is 1. The van der Waals surface area contributed by atoms with Gasteiger partial charge in [-0.05, 0) is 42.3 Å². The molecule has 0 aliphatic heterocycles. The van der Waals surface area contributed by atoms with Gasteiger partial charge in [-0.15, -0.1) is 0 Å². The highest BCUT2D eigenvalue weighted by Gasteiger charge is 2.13. The van der Waals surface area contributed by atoms with Crippen LogP contribution >= 0.6 is 0 Å². The molecule has 1 atom stereocenters. The summed E-state index contributed by atoms with van der Waals surface area (Å²) in [7, 11) is 0. The van der Waals surface area contributed by atoms with Crippen molar-refractivity contribution in [3.8, 4) is 0 Å². The molecule has 2 aromatic rings. The lowest BCUT2D eigenvalue weighted by Crippen LogP contribution is -2.04. The molecule has 3 heteroatoms. The topological polar surface area (TPSA) is 33.1 Å². The van der Waals surface area contributed by atoms with Gasteiger partial charge >= 0.3 is 0 Å². The predicted octanol–water partition coefficient (Wildman–Crippen LogP) is 2.61. The molecular weight excluding hydrogens is 205 g/mol. The van der Waals surface area contributed by atoms with Crippen LogP contribution in [0.2, 0.25) is 0 Å². The number of aryl methyl sites for hydroxylation is 1. The highest BCUT2D eigenvalue weighted by atomic mass is 19.1. The summed E-state index contributed by atoms with van der Waals surface area (Å²) >= 11 is 0. The molecule has 16 heavy (non-hydrogen) atoms. The van der Waals surface area contributed by atoms with E-state index in [2.05, 4.69) is 4.98 Å². The summed E-state index contributed by atoms with van der Waals surface area (Å²) in [5.41, 5.74) is 1.97. The molecule has 82 valence electrons. The lowest BCUT2D eigenvalue weighted by Gasteiger charge is -2.12. The minimum atomic E-state index is -0.804. The van der Waals surface area contributed by atoms with Crippen molar-refractivity contribution in [3.63, 3.8) is 0 Å². The minimum absolute atomic E-state index is 0.297. The summed E-state index contributed by atoms with van der Waals surface area (Å²) in [4.78, 5) is 4.07. The Labute approximate surface area is 93.4 Å². The van der Waals surface area contributed by atoms with Gasteiger partial charge in [-0.3, -0.25) is 4.98 Å². The molecule has 1 N–H and O–H groups in total. The van der Waals surface area contributed by atoms with Crippen molar-refractivity contribution >= 4 is 0 Å². The standard InChI is InChI=1S/C13H12FNO/c1-9-8-10(14)5-6-11(9)13(16)12-4-2-3-7-15-12/h2-8,13,16H,1H3/t13-/m0/s1. The van der Waals surface area contributed by atoms with E-state index in [1.54, 1.807) is 31.3 Å². The van der Waals surface area contributed by atoms with Crippen molar-refractivity contribution in [1.29, 1.82) is 0 Å². The Morgan fingerprint density at radius 1 is 1.25 bits per heavy atom. The molecule has 0 saturated carbocycles. The van der Waals surface area contributed by atoms with Gasteiger partial charge in [0.15, 0.2) is 0 Å². The molecular formula is C13H12FNO. The van der Waals surface area contributed by atoms with Crippen molar-refractivity contribution in [1.82, 2.24) is 4.98 Å². The van der Waals surface area contributed by atoms with Crippen molar-refractivity contribution in [3.05, 3.63) is 65.2 Å². The Hall–Kier alpha value is -1.74. The van der Waals surface area contributed by atoms with Crippen LogP contribution in [0.15, 0.2) is 42.6 Å². The maximum atomic E-state index is 12.9. The average Bonchev–Trinajstić information content (AvgIpc) is 2.29. The quantitative estimate of drug-likeness (QED) is 0.838. The van der Waals surface area contributed by atoms with Crippen molar-refractivity contribution in [2.75, 3.05) is 0 Å². The number of hydrogen-bond donors (Lipinski definition) is 1. The molecule has 1 aromatic heterocycles. The molecule has 0 amide bonds. The minimum Gasteiger partial charge on any atom is -0.382 e. The van der Waals surface area contributed by atoms with Crippen LogP contribution in [0.3, 0.4) is 0 Å². The maximum absolute atomic E-state index is 12.9.